The van der Waals surface area contributed by atoms with Crippen molar-refractivity contribution in [3.05, 3.63) is 94.1 Å². The highest BCUT2D eigenvalue weighted by Crippen LogP contribution is 2.56. The lowest BCUT2D eigenvalue weighted by Gasteiger charge is -2.63. The van der Waals surface area contributed by atoms with Gasteiger partial charge in [0, 0.05) is 92.0 Å². The Kier molecular flexibility index (Phi) is 14.8. The molecule has 0 radical (unpaired) electrons. The summed E-state index contributed by atoms with van der Waals surface area (Å²) in [5, 5.41) is 35.7. The van der Waals surface area contributed by atoms with Crippen LogP contribution in [0.3, 0.4) is 0 Å². The standard InChI is InChI=1S/C60H81ClN8O6/c1-56(2)53(57(3,4)54(56)75-42-21-17-38(31-62)47(61)30-42)66-51(70)45-32-64-55(65-49(45)37-15-13-11-10-12-14-16-37)68-27-28-73-60(34-68)35-69(36-60)58(5,6)39-18-22-41(23-19-39)74-48-24-20-40(59(7,8)72)29-44(48)46-33-67(9)52(71)50-43(46)25-26-63-50/h17-24,29-30,33,37,43,45,49-50,53-55,63-65,72H,10-16,25-28,32,34-36H2,1-9H3,(H,66,70). The Labute approximate surface area is 450 Å². The number of nitrogens with one attached hydrogen (secondary N) is 4. The number of fused-ring (bicyclic) bond motifs is 1. The summed E-state index contributed by atoms with van der Waals surface area (Å²) in [6, 6.07) is 21.2. The third kappa shape index (κ3) is 10.4. The van der Waals surface area contributed by atoms with Crippen LogP contribution < -0.4 is 30.7 Å². The van der Waals surface area contributed by atoms with E-state index < -0.39 is 5.60 Å². The topological polar surface area (TPSA) is 164 Å². The number of amides is 2. The molecule has 3 aromatic rings. The fourth-order valence-corrected chi connectivity index (χ4v) is 14.5. The zero-order valence-electron chi connectivity index (χ0n) is 45.7. The van der Waals surface area contributed by atoms with Crippen LogP contribution in [0.4, 0.5) is 0 Å². The zero-order chi connectivity index (χ0) is 53.2. The second-order valence-electron chi connectivity index (χ2n) is 25.2. The van der Waals surface area contributed by atoms with Crippen molar-refractivity contribution in [2.75, 3.05) is 52.9 Å². The fraction of sp³-hybridized carbons (Fsp3) is 0.617. The Balaban J connectivity index is 0.792. The molecule has 10 rings (SSSR count). The van der Waals surface area contributed by atoms with Crippen molar-refractivity contribution < 1.29 is 28.9 Å². The van der Waals surface area contributed by atoms with E-state index in [4.69, 9.17) is 25.8 Å². The van der Waals surface area contributed by atoms with Gasteiger partial charge in [0.25, 0.3) is 0 Å². The Morgan fingerprint density at radius 3 is 2.25 bits per heavy atom. The maximum Gasteiger partial charge on any atom is 0.244 e. The maximum absolute atomic E-state index is 14.8. The van der Waals surface area contributed by atoms with Gasteiger partial charge in [0.05, 0.1) is 34.8 Å². The molecular formula is C60H81ClN8O6. The van der Waals surface area contributed by atoms with Crippen molar-refractivity contribution in [1.82, 2.24) is 36.0 Å². The van der Waals surface area contributed by atoms with Crippen molar-refractivity contribution >= 4 is 29.0 Å². The number of ether oxygens (including phenoxy) is 3. The van der Waals surface area contributed by atoms with E-state index in [9.17, 15) is 20.0 Å². The first kappa shape index (κ1) is 53.8. The van der Waals surface area contributed by atoms with E-state index in [1.165, 1.54) is 37.7 Å². The predicted molar refractivity (Wildman–Crippen MR) is 292 cm³/mol. The summed E-state index contributed by atoms with van der Waals surface area (Å²) in [6.45, 7) is 22.0. The molecule has 15 heteroatoms. The average molecular weight is 1050 g/mol. The van der Waals surface area contributed by atoms with E-state index in [0.29, 0.717) is 46.9 Å². The Bertz CT molecular complexity index is 2660. The number of morpholine rings is 1. The SMILES string of the molecule is CN1C=C(c2cc(C(C)(C)O)ccc2Oc2ccc(C(C)(C)N3CC4(CN(C5NCC(C(=O)NC6C(C)(C)C(Oc7ccc(C#N)c(Cl)c7)C6(C)C)C(C6CCCCCCC6)N5)CCO4)C3)cc2)C2CCNC2C1=O. The number of carbonyl (C=O) groups is 2. The number of aliphatic hydroxyl groups is 1. The summed E-state index contributed by atoms with van der Waals surface area (Å²) >= 11 is 6.39. The number of nitriles is 1. The maximum atomic E-state index is 14.8. The van der Waals surface area contributed by atoms with Crippen molar-refractivity contribution in [1.29, 1.82) is 5.26 Å². The lowest BCUT2D eigenvalue weighted by Crippen LogP contribution is -2.78. The lowest BCUT2D eigenvalue weighted by molar-refractivity contribution is -0.215. The molecule has 0 bridgehead atoms. The molecular weight excluding hydrogens is 964 g/mol. The van der Waals surface area contributed by atoms with Crippen LogP contribution in [0, 0.1) is 39.9 Å². The smallest absolute Gasteiger partial charge is 0.244 e. The number of likely N-dealkylation sites (N-methyl/N-ethyl adjacent to an activating group) is 1. The molecule has 0 aromatic heterocycles. The lowest BCUT2D eigenvalue weighted by atomic mass is 9.49. The van der Waals surface area contributed by atoms with E-state index >= 15 is 0 Å². The molecule has 5 aliphatic heterocycles. The molecule has 75 heavy (non-hydrogen) atoms. The van der Waals surface area contributed by atoms with Crippen LogP contribution in [0.5, 0.6) is 17.2 Å². The highest BCUT2D eigenvalue weighted by atomic mass is 35.5. The van der Waals surface area contributed by atoms with Crippen LogP contribution in [0.25, 0.3) is 5.57 Å². The number of benzene rings is 3. The van der Waals surface area contributed by atoms with Crippen LogP contribution in [-0.2, 0) is 25.5 Å². The molecule has 14 nitrogen and oxygen atoms in total. The molecule has 7 aliphatic rings. The van der Waals surface area contributed by atoms with E-state index in [0.717, 1.165) is 68.7 Å². The summed E-state index contributed by atoms with van der Waals surface area (Å²) < 4.78 is 20.0. The monoisotopic (exact) mass is 1040 g/mol. The minimum atomic E-state index is -1.05. The van der Waals surface area contributed by atoms with Gasteiger partial charge < -0.3 is 34.9 Å². The Hall–Kier alpha value is -4.56. The Morgan fingerprint density at radius 1 is 0.893 bits per heavy atom. The van der Waals surface area contributed by atoms with Crippen molar-refractivity contribution in [2.24, 2.45) is 28.6 Å². The highest BCUT2D eigenvalue weighted by molar-refractivity contribution is 6.31. The third-order valence-electron chi connectivity index (χ3n) is 18.5. The van der Waals surface area contributed by atoms with E-state index in [2.05, 4.69) is 90.8 Å². The van der Waals surface area contributed by atoms with Gasteiger partial charge in [-0.25, -0.2) is 0 Å². The molecule has 5 N–H and O–H groups in total. The predicted octanol–water partition coefficient (Wildman–Crippen LogP) is 8.46. The average Bonchev–Trinajstić information content (AvgIpc) is 3.86. The third-order valence-corrected chi connectivity index (χ3v) is 18.8. The van der Waals surface area contributed by atoms with Crippen LogP contribution in [0.1, 0.15) is 129 Å². The second kappa shape index (κ2) is 20.7. The van der Waals surface area contributed by atoms with Gasteiger partial charge in [-0.1, -0.05) is 89.6 Å². The van der Waals surface area contributed by atoms with Gasteiger partial charge in [0.1, 0.15) is 41.3 Å². The number of halogens is 1. The molecule has 1 spiro atoms. The second-order valence-corrected chi connectivity index (χ2v) is 25.6. The molecule has 3 aromatic carbocycles. The minimum Gasteiger partial charge on any atom is -0.489 e. The van der Waals surface area contributed by atoms with Crippen LogP contribution in [0.2, 0.25) is 5.02 Å². The van der Waals surface area contributed by atoms with Crippen LogP contribution in [-0.4, -0.2) is 121 Å². The summed E-state index contributed by atoms with van der Waals surface area (Å²) in [5.74, 6) is 2.37. The first-order chi connectivity index (χ1) is 35.6. The fourth-order valence-electron chi connectivity index (χ4n) is 14.3. The number of carbonyl (C=O) groups excluding carboxylic acids is 2. The normalized spacial score (nSPS) is 29.2. The molecule has 2 aliphatic carbocycles. The number of nitrogens with zero attached hydrogens (tertiary/aromatic N) is 4. The van der Waals surface area contributed by atoms with Crippen molar-refractivity contribution in [2.45, 2.75) is 154 Å². The van der Waals surface area contributed by atoms with Crippen LogP contribution >= 0.6 is 11.6 Å². The summed E-state index contributed by atoms with van der Waals surface area (Å²) in [7, 11) is 1.80. The van der Waals surface area contributed by atoms with Crippen molar-refractivity contribution in [3.63, 3.8) is 0 Å². The molecule has 404 valence electrons. The molecule has 5 unspecified atom stereocenters. The molecule has 2 amide bonds. The van der Waals surface area contributed by atoms with Gasteiger partial charge >= 0.3 is 0 Å². The van der Waals surface area contributed by atoms with Gasteiger partial charge in [-0.2, -0.15) is 5.26 Å². The van der Waals surface area contributed by atoms with E-state index in [1.807, 2.05) is 36.5 Å². The number of rotatable bonds is 12. The zero-order valence-corrected chi connectivity index (χ0v) is 46.5. The quantitative estimate of drug-likeness (QED) is 0.118. The van der Waals surface area contributed by atoms with E-state index in [-0.39, 0.29) is 76.1 Å². The number of hydrogen-bond donors (Lipinski definition) is 5. The molecule has 6 fully saturated rings. The summed E-state index contributed by atoms with van der Waals surface area (Å²) in [5.41, 5.74) is 1.95. The highest BCUT2D eigenvalue weighted by Gasteiger charge is 2.64. The molecule has 2 saturated carbocycles. The number of likely N-dealkylation sites (tertiary alicyclic amines) is 1. The first-order valence-corrected chi connectivity index (χ1v) is 28.1. The Morgan fingerprint density at radius 2 is 1.57 bits per heavy atom. The van der Waals surface area contributed by atoms with Gasteiger partial charge in [0.15, 0.2) is 0 Å². The van der Waals surface area contributed by atoms with Crippen LogP contribution in [0.15, 0.2) is 66.9 Å². The first-order valence-electron chi connectivity index (χ1n) is 27.8. The molecule has 5 atom stereocenters. The number of hydrogen-bond acceptors (Lipinski definition) is 12. The van der Waals surface area contributed by atoms with Gasteiger partial charge in [0.2, 0.25) is 11.8 Å². The van der Waals surface area contributed by atoms with Gasteiger partial charge in [-0.15, -0.1) is 0 Å². The molecule has 5 heterocycles. The minimum absolute atomic E-state index is 0.0178. The van der Waals surface area contributed by atoms with Gasteiger partial charge in [-0.05, 0) is 113 Å². The van der Waals surface area contributed by atoms with Crippen molar-refractivity contribution in [3.8, 4) is 23.3 Å². The van der Waals surface area contributed by atoms with Gasteiger partial charge in [-0.3, -0.25) is 30.0 Å². The van der Waals surface area contributed by atoms with E-state index in [1.54, 1.807) is 44.0 Å². The largest absolute Gasteiger partial charge is 0.489 e. The summed E-state index contributed by atoms with van der Waals surface area (Å²) in [6.07, 6.45) is 10.9. The summed E-state index contributed by atoms with van der Waals surface area (Å²) in [4.78, 5) is 34.5. The molecule has 4 saturated heterocycles.